The van der Waals surface area contributed by atoms with Gasteiger partial charge in [0.15, 0.2) is 11.6 Å². The van der Waals surface area contributed by atoms with Gasteiger partial charge < -0.3 is 17.5 Å². The summed E-state index contributed by atoms with van der Waals surface area (Å²) in [6.45, 7) is 18.4. The maximum atomic E-state index is 8.94. The van der Waals surface area contributed by atoms with Crippen LogP contribution in [0, 0.1) is 7.43 Å². The molecule has 14 aromatic rings. The molecule has 0 atom stereocenters. The van der Waals surface area contributed by atoms with Gasteiger partial charge in [-0.2, -0.15) is 0 Å². The Hall–Kier alpha value is -8.68. The molecule has 2 N–H and O–H groups in total. The molecule has 14 rings (SSSR count). The van der Waals surface area contributed by atoms with E-state index in [1.54, 1.807) is 12.1 Å². The van der Waals surface area contributed by atoms with E-state index in [2.05, 4.69) is 306 Å². The van der Waals surface area contributed by atoms with Gasteiger partial charge in [-0.15, -0.1) is 0 Å². The number of nitrogens with zero attached hydrogens (tertiary/aromatic N) is 4. The fourth-order valence-corrected chi connectivity index (χ4v) is 16.2. The molecule has 0 radical (unpaired) electrons. The van der Waals surface area contributed by atoms with Gasteiger partial charge in [-0.25, -0.2) is 19.9 Å². The summed E-state index contributed by atoms with van der Waals surface area (Å²) in [7, 11) is -1.13. The van der Waals surface area contributed by atoms with Crippen molar-refractivity contribution in [1.29, 1.82) is 0 Å². The summed E-state index contributed by atoms with van der Waals surface area (Å²) in [6.07, 6.45) is 1.25. The van der Waals surface area contributed by atoms with Gasteiger partial charge in [0.1, 0.15) is 0 Å². The minimum atomic E-state index is -1.39. The quantitative estimate of drug-likeness (QED) is 0.0604. The van der Waals surface area contributed by atoms with Crippen LogP contribution in [0.15, 0.2) is 343 Å². The molecular weight excluding hydrogens is 1590 g/mol. The molecule has 2 aromatic heterocycles. The Balaban J connectivity index is 0.000000203. The van der Waals surface area contributed by atoms with E-state index in [9.17, 15) is 0 Å². The molecule has 0 unspecified atom stereocenters. The largest absolute Gasteiger partial charge is 0.358 e. The Bertz CT molecular complexity index is 4590. The van der Waals surface area contributed by atoms with E-state index in [0.717, 1.165) is 99.0 Å². The number of hydrogen-bond acceptors (Lipinski definition) is 6. The SMILES string of the molecule is Brc1ccc(-c2cc(-c3ccc(Br)cc3)nc(-c3ccccc3)n2)cc1.CC(C)P(C(C)C)C(C)C.CCC.OB(O)c1ccc(-c2ccccc2)cc1.[Br][Pd+].[CH3-].c1ccc(-c2ccc(-c3ccc(-c4cc(-c5ccc(-c6ccc(-c7ccccc7)cc6)cc5)nc(-c5ccccc5)n4)cc3)cc2)cc1. The van der Waals surface area contributed by atoms with Crippen LogP contribution in [0.2, 0.25) is 0 Å². The van der Waals surface area contributed by atoms with E-state index in [-0.39, 0.29) is 15.3 Å². The summed E-state index contributed by atoms with van der Waals surface area (Å²) in [4.78, 5) is 19.7. The fourth-order valence-electron chi connectivity index (χ4n) is 12.1. The van der Waals surface area contributed by atoms with Crippen molar-refractivity contribution in [1.82, 2.24) is 19.9 Å². The van der Waals surface area contributed by atoms with Gasteiger partial charge in [-0.05, 0) is 114 Å². The third-order valence-corrected chi connectivity index (χ3v) is 21.5. The van der Waals surface area contributed by atoms with Crippen LogP contribution in [-0.2, 0) is 17.2 Å². The maximum absolute atomic E-state index is 8.94. The van der Waals surface area contributed by atoms with Gasteiger partial charge >= 0.3 is 37.7 Å². The predicted octanol–water partition coefficient (Wildman–Crippen LogP) is 26.6. The van der Waals surface area contributed by atoms with E-state index < -0.39 is 7.12 Å². The summed E-state index contributed by atoms with van der Waals surface area (Å²) >= 11 is 12.3. The van der Waals surface area contributed by atoms with Crippen LogP contribution in [0.4, 0.5) is 0 Å². The minimum Gasteiger partial charge on any atom is -0.358 e. The smallest absolute Gasteiger partial charge is 0.160 e. The van der Waals surface area contributed by atoms with Crippen molar-refractivity contribution in [2.75, 3.05) is 0 Å². The molecule has 12 heteroatoms. The normalized spacial score (nSPS) is 10.5. The van der Waals surface area contributed by atoms with Crippen molar-refractivity contribution in [2.45, 2.75) is 78.8 Å². The Labute approximate surface area is 659 Å². The van der Waals surface area contributed by atoms with Crippen LogP contribution in [-0.4, -0.2) is 54.1 Å². The van der Waals surface area contributed by atoms with E-state index in [1.165, 1.54) is 50.9 Å². The first-order valence-corrected chi connectivity index (χ1v) is 41.6. The van der Waals surface area contributed by atoms with Gasteiger partial charge in [0.05, 0.1) is 22.8 Å². The molecule has 0 aliphatic rings. The van der Waals surface area contributed by atoms with Crippen molar-refractivity contribution < 1.29 is 27.2 Å². The zero-order valence-electron chi connectivity index (χ0n) is 60.9. The molecule has 6 nitrogen and oxygen atoms in total. The fraction of sp³-hybridized carbons (Fsp3) is 0.129. The van der Waals surface area contributed by atoms with Gasteiger partial charge in [-0.3, -0.25) is 0 Å². The number of benzene rings is 12. The Morgan fingerprint density at radius 1 is 0.286 bits per heavy atom. The van der Waals surface area contributed by atoms with Crippen LogP contribution in [0.3, 0.4) is 0 Å². The van der Waals surface area contributed by atoms with Crippen molar-refractivity contribution in [3.05, 3.63) is 350 Å². The molecule has 0 saturated heterocycles. The molecule has 532 valence electrons. The third kappa shape index (κ3) is 24.2. The molecule has 0 bridgehead atoms. The number of aromatic nitrogens is 4. The van der Waals surface area contributed by atoms with Gasteiger partial charge in [0.2, 0.25) is 0 Å². The van der Waals surface area contributed by atoms with Gasteiger partial charge in [0.25, 0.3) is 0 Å². The minimum absolute atomic E-state index is 0. The molecule has 0 fully saturated rings. The van der Waals surface area contributed by atoms with Crippen molar-refractivity contribution in [2.24, 2.45) is 0 Å². The predicted molar refractivity (Wildman–Crippen MR) is 459 cm³/mol. The van der Waals surface area contributed by atoms with Crippen LogP contribution in [0.1, 0.15) is 61.8 Å². The standard InChI is InChI=1S/C46H32N2.C22H14Br2N2.C12H11BO2.C9H21P.C3H8.CH3.BrH.Pd/c1-4-10-33(11-5-1)35-16-20-37(21-17-35)39-24-28-41(29-25-39)44-32-45(48-46(47-44)43-14-8-3-9-15-43)42-30-26-40(27-31-42)38-22-18-36(19-23-38)34-12-6-2-7-13-34;23-18-10-6-15(7-11-18)20-14-21(16-8-12-19(24)13-9-16)26-22(25-20)17-4-2-1-3-5-17;14-13(15)12-8-6-11(7-9-12)10-4-2-1-3-5-10;1-7(2)10(8(3)4)9(5)6;1-3-2;;;/h1-32H;1-14H;1-9,14-15H;7-9H,1-6H3;3H2,1-2H3;1H3;1H;/q;;;;;-1;;+2/p-1. The topological polar surface area (TPSA) is 92.0 Å². The number of rotatable bonds is 15. The van der Waals surface area contributed by atoms with Crippen molar-refractivity contribution in [3.63, 3.8) is 0 Å². The maximum Gasteiger partial charge on any atom is 0.160 e. The number of halogens is 3. The zero-order chi connectivity index (χ0) is 73.7. The van der Waals surface area contributed by atoms with Gasteiger partial charge in [-0.1, -0.05) is 399 Å². The number of hydrogen-bond donors (Lipinski definition) is 2. The molecule has 0 amide bonds. The summed E-state index contributed by atoms with van der Waals surface area (Å²) in [5, 5.41) is 17.9. The first kappa shape index (κ1) is 82.0. The average molecular weight is 1680 g/mol. The summed E-state index contributed by atoms with van der Waals surface area (Å²) in [5.41, 5.74) is 24.8. The Morgan fingerprint density at radius 2 is 0.457 bits per heavy atom. The monoisotopic (exact) mass is 1680 g/mol. The molecule has 0 spiro atoms. The van der Waals surface area contributed by atoms with Crippen LogP contribution >= 0.6 is 53.2 Å². The van der Waals surface area contributed by atoms with Crippen LogP contribution in [0.25, 0.3) is 123 Å². The van der Waals surface area contributed by atoms with Crippen LogP contribution in [0.5, 0.6) is 0 Å². The Morgan fingerprint density at radius 3 is 0.648 bits per heavy atom. The summed E-state index contributed by atoms with van der Waals surface area (Å²) in [6, 6.07) is 114. The first-order valence-electron chi connectivity index (χ1n) is 35.0. The molecule has 0 saturated carbocycles. The molecule has 12 aromatic carbocycles. The molecule has 0 aliphatic heterocycles. The Kier molecular flexibility index (Phi) is 33.1. The first-order chi connectivity index (χ1) is 50.6. The molecule has 0 aliphatic carbocycles. The molecule has 2 heterocycles. The van der Waals surface area contributed by atoms with E-state index in [0.29, 0.717) is 11.3 Å². The van der Waals surface area contributed by atoms with E-state index in [4.69, 9.17) is 30.0 Å². The second kappa shape index (κ2) is 42.5. The average Bonchev–Trinajstić information content (AvgIpc) is 0.812. The molecular formula is C93H89BBr3N4O2PPd. The summed E-state index contributed by atoms with van der Waals surface area (Å²) < 4.78 is 2.10. The second-order valence-corrected chi connectivity index (χ2v) is 31.3. The van der Waals surface area contributed by atoms with E-state index >= 15 is 0 Å². The molecule has 105 heavy (non-hydrogen) atoms. The second-order valence-electron chi connectivity index (χ2n) is 25.5. The van der Waals surface area contributed by atoms with E-state index in [1.807, 2.05) is 133 Å². The third-order valence-electron chi connectivity index (χ3n) is 16.9. The van der Waals surface area contributed by atoms with Crippen molar-refractivity contribution >= 4 is 65.8 Å². The summed E-state index contributed by atoms with van der Waals surface area (Å²) in [5.74, 6) is 1.44. The van der Waals surface area contributed by atoms with Gasteiger partial charge in [0, 0.05) is 42.3 Å². The van der Waals surface area contributed by atoms with Crippen LogP contribution < -0.4 is 5.46 Å². The van der Waals surface area contributed by atoms with Crippen molar-refractivity contribution in [3.8, 4) is 123 Å². The zero-order valence-corrected chi connectivity index (χ0v) is 68.1.